The number of nitrogens with two attached hydrogens (primary N) is 1. The second kappa shape index (κ2) is 4.43. The molecule has 6 nitrogen and oxygen atoms in total. The normalized spacial score (nSPS) is 10.0. The lowest BCUT2D eigenvalue weighted by Gasteiger charge is -1.99. The van der Waals surface area contributed by atoms with E-state index in [1.165, 1.54) is 0 Å². The molecule has 6 heteroatoms. The number of nitrogens with one attached hydrogen (secondary N) is 1. The van der Waals surface area contributed by atoms with E-state index in [1.807, 2.05) is 30.3 Å². The standard InChI is InChI=1S/C10H11N5O/c11-10(16)12-9-7-15(14-13-9)6-8-4-2-1-3-5-8/h1-5,7H,6H2,(H3,11,12,16). The fraction of sp³-hybridized carbons (Fsp3) is 0.100. The molecule has 0 aliphatic heterocycles. The summed E-state index contributed by atoms with van der Waals surface area (Å²) in [5.74, 6) is 0.350. The molecule has 16 heavy (non-hydrogen) atoms. The molecule has 0 saturated heterocycles. The van der Waals surface area contributed by atoms with E-state index in [2.05, 4.69) is 15.6 Å². The van der Waals surface area contributed by atoms with E-state index in [0.29, 0.717) is 12.4 Å². The Labute approximate surface area is 92.1 Å². The van der Waals surface area contributed by atoms with Crippen molar-refractivity contribution < 1.29 is 4.79 Å². The molecule has 1 heterocycles. The summed E-state index contributed by atoms with van der Waals surface area (Å²) in [6.07, 6.45) is 1.62. The summed E-state index contributed by atoms with van der Waals surface area (Å²) in [6.45, 7) is 0.605. The monoisotopic (exact) mass is 217 g/mol. The Morgan fingerprint density at radius 3 is 2.81 bits per heavy atom. The Bertz CT molecular complexity index is 479. The van der Waals surface area contributed by atoms with Gasteiger partial charge in [-0.3, -0.25) is 5.32 Å². The first-order valence-electron chi connectivity index (χ1n) is 4.74. The average Bonchev–Trinajstić information content (AvgIpc) is 2.66. The van der Waals surface area contributed by atoms with Crippen molar-refractivity contribution in [3.63, 3.8) is 0 Å². The van der Waals surface area contributed by atoms with Crippen LogP contribution in [0.3, 0.4) is 0 Å². The maximum Gasteiger partial charge on any atom is 0.317 e. The fourth-order valence-corrected chi connectivity index (χ4v) is 1.33. The van der Waals surface area contributed by atoms with Crippen LogP contribution in [0.4, 0.5) is 10.6 Å². The van der Waals surface area contributed by atoms with Crippen LogP contribution in [0.25, 0.3) is 0 Å². The number of hydrogen-bond acceptors (Lipinski definition) is 3. The lowest BCUT2D eigenvalue weighted by atomic mass is 10.2. The number of urea groups is 1. The van der Waals surface area contributed by atoms with Gasteiger partial charge in [0.2, 0.25) is 0 Å². The number of carbonyl (C=O) groups is 1. The third-order valence-electron chi connectivity index (χ3n) is 1.98. The van der Waals surface area contributed by atoms with Crippen LogP contribution in [0, 0.1) is 0 Å². The molecule has 0 aliphatic rings. The smallest absolute Gasteiger partial charge is 0.317 e. The average molecular weight is 217 g/mol. The molecule has 0 atom stereocenters. The molecule has 0 bridgehead atoms. The quantitative estimate of drug-likeness (QED) is 0.797. The van der Waals surface area contributed by atoms with Gasteiger partial charge in [-0.15, -0.1) is 5.10 Å². The molecule has 0 fully saturated rings. The van der Waals surface area contributed by atoms with Crippen LogP contribution in [0.5, 0.6) is 0 Å². The lowest BCUT2D eigenvalue weighted by molar-refractivity contribution is 0.259. The molecular formula is C10H11N5O. The van der Waals surface area contributed by atoms with E-state index in [9.17, 15) is 4.79 Å². The Morgan fingerprint density at radius 1 is 1.38 bits per heavy atom. The van der Waals surface area contributed by atoms with Crippen LogP contribution in [-0.4, -0.2) is 21.0 Å². The molecule has 0 aliphatic carbocycles. The zero-order valence-corrected chi connectivity index (χ0v) is 8.50. The molecule has 2 rings (SSSR count). The fourth-order valence-electron chi connectivity index (χ4n) is 1.33. The van der Waals surface area contributed by atoms with Gasteiger partial charge >= 0.3 is 6.03 Å². The molecule has 0 saturated carbocycles. The Kier molecular flexibility index (Phi) is 2.81. The number of anilines is 1. The number of amides is 2. The van der Waals surface area contributed by atoms with Crippen LogP contribution in [0.15, 0.2) is 36.5 Å². The molecule has 0 unspecified atom stereocenters. The van der Waals surface area contributed by atoms with E-state index < -0.39 is 6.03 Å². The summed E-state index contributed by atoms with van der Waals surface area (Å²) in [5, 5.41) is 9.97. The van der Waals surface area contributed by atoms with Gasteiger partial charge in [0, 0.05) is 0 Å². The number of aromatic nitrogens is 3. The van der Waals surface area contributed by atoms with Gasteiger partial charge in [-0.25, -0.2) is 9.48 Å². The summed E-state index contributed by atoms with van der Waals surface area (Å²) in [7, 11) is 0. The number of carbonyl (C=O) groups excluding carboxylic acids is 1. The second-order valence-electron chi connectivity index (χ2n) is 3.28. The minimum atomic E-state index is -0.647. The first-order valence-corrected chi connectivity index (χ1v) is 4.74. The van der Waals surface area contributed by atoms with Gasteiger partial charge in [-0.05, 0) is 5.56 Å². The zero-order valence-electron chi connectivity index (χ0n) is 8.50. The maximum absolute atomic E-state index is 10.6. The van der Waals surface area contributed by atoms with Crippen molar-refractivity contribution in [1.82, 2.24) is 15.0 Å². The molecule has 3 N–H and O–H groups in total. The first kappa shape index (κ1) is 10.2. The molecule has 82 valence electrons. The molecule has 1 aromatic carbocycles. The molecule has 0 spiro atoms. The van der Waals surface area contributed by atoms with Crippen molar-refractivity contribution in [3.05, 3.63) is 42.1 Å². The van der Waals surface area contributed by atoms with Crippen molar-refractivity contribution in [2.24, 2.45) is 5.73 Å². The largest absolute Gasteiger partial charge is 0.351 e. The Hall–Kier alpha value is -2.37. The molecule has 1 aromatic heterocycles. The predicted octanol–water partition coefficient (Wildman–Crippen LogP) is 0.817. The van der Waals surface area contributed by atoms with Crippen LogP contribution in [0.2, 0.25) is 0 Å². The Morgan fingerprint density at radius 2 is 2.12 bits per heavy atom. The SMILES string of the molecule is NC(=O)Nc1cn(Cc2ccccc2)nn1. The Balaban J connectivity index is 2.06. The number of nitrogens with zero attached hydrogens (tertiary/aromatic N) is 3. The highest BCUT2D eigenvalue weighted by molar-refractivity contribution is 5.86. The highest BCUT2D eigenvalue weighted by Gasteiger charge is 2.02. The second-order valence-corrected chi connectivity index (χ2v) is 3.28. The summed E-state index contributed by atoms with van der Waals surface area (Å²) in [6, 6.07) is 9.19. The number of benzene rings is 1. The minimum absolute atomic E-state index is 0.350. The van der Waals surface area contributed by atoms with Gasteiger partial charge in [0.25, 0.3) is 0 Å². The number of hydrogen-bond donors (Lipinski definition) is 2. The summed E-state index contributed by atoms with van der Waals surface area (Å²) >= 11 is 0. The van der Waals surface area contributed by atoms with Crippen molar-refractivity contribution in [2.75, 3.05) is 5.32 Å². The van der Waals surface area contributed by atoms with Gasteiger partial charge in [0.1, 0.15) is 0 Å². The van der Waals surface area contributed by atoms with E-state index in [0.717, 1.165) is 5.56 Å². The highest BCUT2D eigenvalue weighted by Crippen LogP contribution is 2.04. The minimum Gasteiger partial charge on any atom is -0.351 e. The van der Waals surface area contributed by atoms with Crippen molar-refractivity contribution in [3.8, 4) is 0 Å². The van der Waals surface area contributed by atoms with Gasteiger partial charge in [-0.1, -0.05) is 35.5 Å². The zero-order chi connectivity index (χ0) is 11.4. The number of primary amides is 1. The third kappa shape index (κ3) is 2.57. The van der Waals surface area contributed by atoms with E-state index in [4.69, 9.17) is 5.73 Å². The van der Waals surface area contributed by atoms with Gasteiger partial charge < -0.3 is 5.73 Å². The predicted molar refractivity (Wildman–Crippen MR) is 58.8 cm³/mol. The topological polar surface area (TPSA) is 85.8 Å². The summed E-state index contributed by atoms with van der Waals surface area (Å²) in [5.41, 5.74) is 6.07. The van der Waals surface area contributed by atoms with Gasteiger partial charge in [-0.2, -0.15) is 0 Å². The van der Waals surface area contributed by atoms with Crippen molar-refractivity contribution in [2.45, 2.75) is 6.54 Å². The maximum atomic E-state index is 10.6. The van der Waals surface area contributed by atoms with Crippen LogP contribution in [-0.2, 0) is 6.54 Å². The van der Waals surface area contributed by atoms with E-state index in [-0.39, 0.29) is 0 Å². The van der Waals surface area contributed by atoms with Crippen molar-refractivity contribution >= 4 is 11.8 Å². The summed E-state index contributed by atoms with van der Waals surface area (Å²) < 4.78 is 1.63. The molecule has 2 aromatic rings. The van der Waals surface area contributed by atoms with Crippen LogP contribution >= 0.6 is 0 Å². The van der Waals surface area contributed by atoms with Crippen LogP contribution in [0.1, 0.15) is 5.56 Å². The van der Waals surface area contributed by atoms with Gasteiger partial charge in [0.05, 0.1) is 12.7 Å². The van der Waals surface area contributed by atoms with Gasteiger partial charge in [0.15, 0.2) is 5.82 Å². The molecular weight excluding hydrogens is 206 g/mol. The number of rotatable bonds is 3. The lowest BCUT2D eigenvalue weighted by Crippen LogP contribution is -2.19. The van der Waals surface area contributed by atoms with Crippen molar-refractivity contribution in [1.29, 1.82) is 0 Å². The third-order valence-corrected chi connectivity index (χ3v) is 1.98. The van der Waals surface area contributed by atoms with Crippen LogP contribution < -0.4 is 11.1 Å². The first-order chi connectivity index (χ1) is 7.74. The molecule has 0 radical (unpaired) electrons. The van der Waals surface area contributed by atoms with E-state index >= 15 is 0 Å². The highest BCUT2D eigenvalue weighted by atomic mass is 16.2. The summed E-state index contributed by atoms with van der Waals surface area (Å²) in [4.78, 5) is 10.6. The molecule has 2 amide bonds. The van der Waals surface area contributed by atoms with E-state index in [1.54, 1.807) is 10.9 Å².